The van der Waals surface area contributed by atoms with Crippen molar-refractivity contribution in [3.05, 3.63) is 16.3 Å². The molecule has 0 spiro atoms. The second kappa shape index (κ2) is 4.18. The smallest absolute Gasteiger partial charge is 0.312 e. The van der Waals surface area contributed by atoms with Crippen LogP contribution in [0.25, 0.3) is 0 Å². The van der Waals surface area contributed by atoms with E-state index in [0.717, 1.165) is 18.8 Å². The molecule has 15 heavy (non-hydrogen) atoms. The van der Waals surface area contributed by atoms with Crippen LogP contribution >= 0.6 is 0 Å². The number of nitrogens with one attached hydrogen (secondary N) is 2. The maximum Gasteiger partial charge on any atom is 0.343 e. The van der Waals surface area contributed by atoms with Crippen LogP contribution < -0.4 is 11.0 Å². The van der Waals surface area contributed by atoms with Gasteiger partial charge < -0.3 is 5.32 Å². The molecular weight excluding hydrogens is 192 g/mol. The van der Waals surface area contributed by atoms with Gasteiger partial charge in [0.2, 0.25) is 0 Å². The summed E-state index contributed by atoms with van der Waals surface area (Å²) in [5.41, 5.74) is -0.0904. The van der Waals surface area contributed by atoms with Gasteiger partial charge in [-0.15, -0.1) is 0 Å². The maximum absolute atomic E-state index is 11.5. The number of hydrogen-bond donors (Lipinski definition) is 2. The maximum atomic E-state index is 11.5. The molecule has 0 aliphatic carbocycles. The highest BCUT2D eigenvalue weighted by Crippen LogP contribution is 2.08. The average Bonchev–Trinajstić information content (AvgIpc) is 2.77. The third-order valence-corrected chi connectivity index (χ3v) is 2.80. The number of aromatic nitrogens is 3. The summed E-state index contributed by atoms with van der Waals surface area (Å²) >= 11 is 0. The van der Waals surface area contributed by atoms with Gasteiger partial charge in [0.25, 0.3) is 0 Å². The standard InChI is InChI=1S/C10H18N4O/c1-7(2)9-12-10(15)14(13-9)6-8-4-3-5-11-8/h7-8,11H,3-6H2,1-2H3,(H,12,13,15). The molecule has 2 heterocycles. The Morgan fingerprint density at radius 1 is 1.60 bits per heavy atom. The van der Waals surface area contributed by atoms with Crippen LogP contribution in [0.15, 0.2) is 4.79 Å². The zero-order valence-electron chi connectivity index (χ0n) is 9.29. The van der Waals surface area contributed by atoms with E-state index in [-0.39, 0.29) is 11.6 Å². The Morgan fingerprint density at radius 3 is 2.93 bits per heavy atom. The highest BCUT2D eigenvalue weighted by Gasteiger charge is 2.17. The molecule has 1 aliphatic rings. The lowest BCUT2D eigenvalue weighted by Gasteiger charge is -2.08. The molecule has 0 amide bonds. The molecule has 1 saturated heterocycles. The van der Waals surface area contributed by atoms with Gasteiger partial charge in [0.15, 0.2) is 0 Å². The Hall–Kier alpha value is -1.10. The van der Waals surface area contributed by atoms with Crippen molar-refractivity contribution in [3.63, 3.8) is 0 Å². The molecule has 5 heteroatoms. The van der Waals surface area contributed by atoms with Crippen LogP contribution in [0.1, 0.15) is 38.4 Å². The van der Waals surface area contributed by atoms with Gasteiger partial charge in [-0.3, -0.25) is 4.98 Å². The van der Waals surface area contributed by atoms with Crippen molar-refractivity contribution < 1.29 is 0 Å². The van der Waals surface area contributed by atoms with E-state index in [1.807, 2.05) is 13.8 Å². The van der Waals surface area contributed by atoms with E-state index in [2.05, 4.69) is 15.4 Å². The average molecular weight is 210 g/mol. The van der Waals surface area contributed by atoms with Crippen molar-refractivity contribution in [2.45, 2.75) is 45.2 Å². The monoisotopic (exact) mass is 210 g/mol. The van der Waals surface area contributed by atoms with Crippen LogP contribution in [0.3, 0.4) is 0 Å². The van der Waals surface area contributed by atoms with Gasteiger partial charge in [-0.05, 0) is 19.4 Å². The lowest BCUT2D eigenvalue weighted by Crippen LogP contribution is -2.31. The van der Waals surface area contributed by atoms with Gasteiger partial charge in [0.05, 0.1) is 6.54 Å². The predicted molar refractivity (Wildman–Crippen MR) is 58.0 cm³/mol. The Kier molecular flexibility index (Phi) is 2.90. The van der Waals surface area contributed by atoms with Gasteiger partial charge in [-0.1, -0.05) is 13.8 Å². The van der Waals surface area contributed by atoms with Crippen LogP contribution in [0.5, 0.6) is 0 Å². The molecule has 0 aromatic carbocycles. The SMILES string of the molecule is CC(C)c1nn(CC2CCCN2)c(=O)[nH]1. The minimum atomic E-state index is -0.0904. The fourth-order valence-corrected chi connectivity index (χ4v) is 1.88. The van der Waals surface area contributed by atoms with Gasteiger partial charge in [-0.2, -0.15) is 5.10 Å². The molecule has 0 saturated carbocycles. The zero-order valence-corrected chi connectivity index (χ0v) is 9.29. The topological polar surface area (TPSA) is 62.7 Å². The normalized spacial score (nSPS) is 21.4. The number of rotatable bonds is 3. The largest absolute Gasteiger partial charge is 0.343 e. The number of hydrogen-bond acceptors (Lipinski definition) is 3. The van der Waals surface area contributed by atoms with Crippen LogP contribution in [-0.2, 0) is 6.54 Å². The minimum Gasteiger partial charge on any atom is -0.312 e. The zero-order chi connectivity index (χ0) is 10.8. The minimum absolute atomic E-state index is 0.0904. The van der Waals surface area contributed by atoms with E-state index in [1.165, 1.54) is 6.42 Å². The van der Waals surface area contributed by atoms with Crippen molar-refractivity contribution in [2.75, 3.05) is 6.54 Å². The molecule has 2 N–H and O–H groups in total. The summed E-state index contributed by atoms with van der Waals surface area (Å²) in [5.74, 6) is 1.05. The summed E-state index contributed by atoms with van der Waals surface area (Å²) in [5, 5.41) is 7.64. The van der Waals surface area contributed by atoms with Crippen molar-refractivity contribution in [1.82, 2.24) is 20.1 Å². The predicted octanol–water partition coefficient (Wildman–Crippen LogP) is 0.447. The van der Waals surface area contributed by atoms with Crippen molar-refractivity contribution in [1.29, 1.82) is 0 Å². The molecule has 84 valence electrons. The summed E-state index contributed by atoms with van der Waals surface area (Å²) < 4.78 is 1.54. The van der Waals surface area contributed by atoms with E-state index in [0.29, 0.717) is 12.6 Å². The lowest BCUT2D eigenvalue weighted by molar-refractivity contribution is 0.462. The number of H-pyrrole nitrogens is 1. The summed E-state index contributed by atoms with van der Waals surface area (Å²) in [6.07, 6.45) is 2.33. The van der Waals surface area contributed by atoms with Gasteiger partial charge >= 0.3 is 5.69 Å². The van der Waals surface area contributed by atoms with Gasteiger partial charge in [-0.25, -0.2) is 9.48 Å². The van der Waals surface area contributed by atoms with Crippen LogP contribution in [0.2, 0.25) is 0 Å². The molecule has 0 bridgehead atoms. The Bertz CT molecular complexity index is 373. The van der Waals surface area contributed by atoms with E-state index in [9.17, 15) is 4.79 Å². The summed E-state index contributed by atoms with van der Waals surface area (Å²) in [6, 6.07) is 0.408. The first-order valence-electron chi connectivity index (χ1n) is 5.57. The summed E-state index contributed by atoms with van der Waals surface area (Å²) in [4.78, 5) is 14.3. The van der Waals surface area contributed by atoms with Crippen LogP contribution in [-0.4, -0.2) is 27.4 Å². The number of aromatic amines is 1. The van der Waals surface area contributed by atoms with Crippen LogP contribution in [0, 0.1) is 0 Å². The van der Waals surface area contributed by atoms with E-state index < -0.39 is 0 Å². The third kappa shape index (κ3) is 2.28. The quantitative estimate of drug-likeness (QED) is 0.761. The fraction of sp³-hybridized carbons (Fsp3) is 0.800. The highest BCUT2D eigenvalue weighted by atomic mass is 16.1. The second-order valence-corrected chi connectivity index (χ2v) is 4.45. The molecular formula is C10H18N4O. The first kappa shape index (κ1) is 10.4. The Morgan fingerprint density at radius 2 is 2.40 bits per heavy atom. The van der Waals surface area contributed by atoms with Crippen LogP contribution in [0.4, 0.5) is 0 Å². The van der Waals surface area contributed by atoms with Crippen molar-refractivity contribution in [2.24, 2.45) is 0 Å². The van der Waals surface area contributed by atoms with E-state index >= 15 is 0 Å². The highest BCUT2D eigenvalue weighted by molar-refractivity contribution is 4.89. The van der Waals surface area contributed by atoms with E-state index in [1.54, 1.807) is 4.68 Å². The molecule has 1 unspecified atom stereocenters. The van der Waals surface area contributed by atoms with Gasteiger partial charge in [0, 0.05) is 12.0 Å². The molecule has 1 aliphatic heterocycles. The third-order valence-electron chi connectivity index (χ3n) is 2.80. The molecule has 1 aromatic rings. The summed E-state index contributed by atoms with van der Waals surface area (Å²) in [6.45, 7) is 5.79. The molecule has 0 radical (unpaired) electrons. The molecule has 5 nitrogen and oxygen atoms in total. The molecule has 2 rings (SSSR count). The summed E-state index contributed by atoms with van der Waals surface area (Å²) in [7, 11) is 0. The van der Waals surface area contributed by atoms with Gasteiger partial charge in [0.1, 0.15) is 5.82 Å². The molecule has 1 atom stereocenters. The van der Waals surface area contributed by atoms with Crippen molar-refractivity contribution in [3.8, 4) is 0 Å². The molecule has 1 fully saturated rings. The first-order chi connectivity index (χ1) is 7.16. The lowest BCUT2D eigenvalue weighted by atomic mass is 10.2. The second-order valence-electron chi connectivity index (χ2n) is 4.45. The fourth-order valence-electron chi connectivity index (χ4n) is 1.88. The Balaban J connectivity index is 2.10. The Labute approximate surface area is 88.9 Å². The first-order valence-corrected chi connectivity index (χ1v) is 5.57. The van der Waals surface area contributed by atoms with E-state index in [4.69, 9.17) is 0 Å². The number of nitrogens with zero attached hydrogens (tertiary/aromatic N) is 2. The molecule has 1 aromatic heterocycles. The van der Waals surface area contributed by atoms with Crippen molar-refractivity contribution >= 4 is 0 Å².